The van der Waals surface area contributed by atoms with E-state index in [9.17, 15) is 9.90 Å². The van der Waals surface area contributed by atoms with Crippen molar-refractivity contribution in [1.82, 2.24) is 15.0 Å². The third-order valence-electron chi connectivity index (χ3n) is 5.87. The Morgan fingerprint density at radius 2 is 1.96 bits per heavy atom. The zero-order chi connectivity index (χ0) is 18.4. The number of carbonyl (C=O) groups is 1. The summed E-state index contributed by atoms with van der Waals surface area (Å²) in [6.45, 7) is -0.255. The maximum atomic E-state index is 13.1. The molecule has 0 saturated heterocycles. The Bertz CT molecular complexity index is 873. The number of hydrogen-bond acceptors (Lipinski definition) is 6. The number of fused-ring (bicyclic) bond motifs is 2. The number of nitrogens with zero attached hydrogens (tertiary/aromatic N) is 4. The Hall–Kier alpha value is -2.54. The molecule has 7 nitrogen and oxygen atoms in total. The first-order valence-corrected chi connectivity index (χ1v) is 9.66. The molecule has 3 aliphatic rings. The topological polar surface area (TPSA) is 88.4 Å². The van der Waals surface area contributed by atoms with Crippen LogP contribution in [0.3, 0.4) is 0 Å². The Labute approximate surface area is 157 Å². The van der Waals surface area contributed by atoms with Crippen molar-refractivity contribution in [3.05, 3.63) is 35.9 Å². The summed E-state index contributed by atoms with van der Waals surface area (Å²) < 4.78 is 5.99. The fraction of sp³-hybridized carbons (Fsp3) is 0.500. The van der Waals surface area contributed by atoms with Crippen LogP contribution in [0.1, 0.15) is 56.3 Å². The summed E-state index contributed by atoms with van der Waals surface area (Å²) in [5.74, 6) is 1.50. The zero-order valence-corrected chi connectivity index (χ0v) is 15.1. The Morgan fingerprint density at radius 3 is 2.63 bits per heavy atom. The van der Waals surface area contributed by atoms with Gasteiger partial charge in [-0.2, -0.15) is 0 Å². The first-order chi connectivity index (χ1) is 13.2. The summed E-state index contributed by atoms with van der Waals surface area (Å²) in [5, 5.41) is 9.37. The Kier molecular flexibility index (Phi) is 3.86. The van der Waals surface area contributed by atoms with E-state index >= 15 is 0 Å². The number of anilines is 2. The summed E-state index contributed by atoms with van der Waals surface area (Å²) in [5.41, 5.74) is 1.04. The third kappa shape index (κ3) is 2.68. The van der Waals surface area contributed by atoms with Gasteiger partial charge in [0, 0.05) is 17.8 Å². The molecule has 27 heavy (non-hydrogen) atoms. The molecule has 140 valence electrons. The highest BCUT2D eigenvalue weighted by Crippen LogP contribution is 2.58. The summed E-state index contributed by atoms with van der Waals surface area (Å²) in [6.07, 6.45) is 11.1. The van der Waals surface area contributed by atoms with E-state index in [1.165, 1.54) is 19.3 Å². The molecule has 7 heteroatoms. The van der Waals surface area contributed by atoms with E-state index in [1.54, 1.807) is 17.3 Å². The van der Waals surface area contributed by atoms with Crippen LogP contribution in [-0.2, 0) is 16.8 Å². The molecule has 0 aromatic carbocycles. The smallest absolute Gasteiger partial charge is 0.243 e. The molecule has 1 amide bonds. The van der Waals surface area contributed by atoms with Crippen molar-refractivity contribution in [1.29, 1.82) is 0 Å². The minimum atomic E-state index is -0.486. The maximum absolute atomic E-state index is 13.1. The average Bonchev–Trinajstić information content (AvgIpc) is 3.48. The molecular weight excluding hydrogens is 344 g/mol. The zero-order valence-electron chi connectivity index (χ0n) is 15.1. The van der Waals surface area contributed by atoms with Crippen molar-refractivity contribution in [2.75, 3.05) is 4.90 Å². The van der Waals surface area contributed by atoms with Gasteiger partial charge >= 0.3 is 0 Å². The van der Waals surface area contributed by atoms with Gasteiger partial charge in [0.05, 0.1) is 17.3 Å². The lowest BCUT2D eigenvalue weighted by Crippen LogP contribution is -2.28. The van der Waals surface area contributed by atoms with Crippen LogP contribution < -0.4 is 9.64 Å². The molecule has 1 N–H and O–H groups in total. The van der Waals surface area contributed by atoms with E-state index in [0.717, 1.165) is 31.2 Å². The maximum Gasteiger partial charge on any atom is 0.243 e. The summed E-state index contributed by atoms with van der Waals surface area (Å²) in [4.78, 5) is 27.7. The SMILES string of the molecule is O=C1N(c2ccc(OC3CCCCC3)nc2)c2nc(CO)ncc2C12CC2. The lowest BCUT2D eigenvalue weighted by Gasteiger charge is -2.23. The number of aliphatic hydroxyl groups excluding tert-OH is 1. The van der Waals surface area contributed by atoms with Crippen molar-refractivity contribution in [2.45, 2.75) is 63.1 Å². The van der Waals surface area contributed by atoms with Gasteiger partial charge in [-0.1, -0.05) is 6.42 Å². The second-order valence-corrected chi connectivity index (χ2v) is 7.64. The van der Waals surface area contributed by atoms with Crippen LogP contribution in [0.2, 0.25) is 0 Å². The van der Waals surface area contributed by atoms with Crippen molar-refractivity contribution in [3.8, 4) is 5.88 Å². The summed E-state index contributed by atoms with van der Waals surface area (Å²) in [7, 11) is 0. The molecule has 2 saturated carbocycles. The number of amides is 1. The first kappa shape index (κ1) is 16.6. The van der Waals surface area contributed by atoms with Gasteiger partial charge in [-0.3, -0.25) is 9.69 Å². The lowest BCUT2D eigenvalue weighted by molar-refractivity contribution is -0.119. The Balaban J connectivity index is 1.43. The van der Waals surface area contributed by atoms with Crippen LogP contribution >= 0.6 is 0 Å². The normalized spacial score (nSPS) is 20.8. The van der Waals surface area contributed by atoms with Crippen LogP contribution in [-0.4, -0.2) is 32.1 Å². The van der Waals surface area contributed by atoms with Crippen LogP contribution in [0.25, 0.3) is 0 Å². The molecular formula is C20H22N4O3. The number of ether oxygens (including phenoxy) is 1. The molecule has 5 rings (SSSR count). The van der Waals surface area contributed by atoms with Gasteiger partial charge in [0.2, 0.25) is 11.8 Å². The molecule has 0 bridgehead atoms. The predicted octanol–water partition coefficient (Wildman–Crippen LogP) is 2.79. The van der Waals surface area contributed by atoms with Gasteiger partial charge in [-0.25, -0.2) is 15.0 Å². The summed E-state index contributed by atoms with van der Waals surface area (Å²) >= 11 is 0. The Morgan fingerprint density at radius 1 is 1.15 bits per heavy atom. The van der Waals surface area contributed by atoms with Crippen LogP contribution in [0, 0.1) is 0 Å². The molecule has 0 atom stereocenters. The predicted molar refractivity (Wildman–Crippen MR) is 97.8 cm³/mol. The van der Waals surface area contributed by atoms with Gasteiger partial charge in [0.1, 0.15) is 18.5 Å². The van der Waals surface area contributed by atoms with Crippen LogP contribution in [0.15, 0.2) is 24.5 Å². The van der Waals surface area contributed by atoms with Gasteiger partial charge in [0.25, 0.3) is 0 Å². The number of aromatic nitrogens is 3. The highest BCUT2D eigenvalue weighted by atomic mass is 16.5. The molecule has 3 heterocycles. The van der Waals surface area contributed by atoms with Crippen molar-refractivity contribution in [2.24, 2.45) is 0 Å². The standard InChI is InChI=1S/C20H22N4O3/c25-12-16-21-11-15-18(23-16)24(19(26)20(15)8-9-20)13-6-7-17(22-10-13)27-14-4-2-1-3-5-14/h6-7,10-11,14,25H,1-5,8-9,12H2. The van der Waals surface area contributed by atoms with Gasteiger partial charge in [0.15, 0.2) is 5.82 Å². The van der Waals surface area contributed by atoms with Gasteiger partial charge < -0.3 is 9.84 Å². The average molecular weight is 366 g/mol. The highest BCUT2D eigenvalue weighted by molar-refractivity contribution is 6.13. The number of hydrogen-bond donors (Lipinski definition) is 1. The van der Waals surface area contributed by atoms with Crippen molar-refractivity contribution in [3.63, 3.8) is 0 Å². The molecule has 2 fully saturated rings. The van der Waals surface area contributed by atoms with E-state index in [2.05, 4.69) is 15.0 Å². The molecule has 0 unspecified atom stereocenters. The molecule has 0 radical (unpaired) electrons. The lowest BCUT2D eigenvalue weighted by atomic mass is 9.98. The first-order valence-electron chi connectivity index (χ1n) is 9.66. The van der Waals surface area contributed by atoms with E-state index in [-0.39, 0.29) is 18.6 Å². The van der Waals surface area contributed by atoms with Crippen LogP contribution in [0.4, 0.5) is 11.5 Å². The largest absolute Gasteiger partial charge is 0.474 e. The van der Waals surface area contributed by atoms with Crippen LogP contribution in [0.5, 0.6) is 5.88 Å². The monoisotopic (exact) mass is 366 g/mol. The third-order valence-corrected chi connectivity index (χ3v) is 5.87. The van der Waals surface area contributed by atoms with Crippen molar-refractivity contribution < 1.29 is 14.6 Å². The number of carbonyl (C=O) groups excluding carboxylic acids is 1. The molecule has 2 aromatic rings. The fourth-order valence-corrected chi connectivity index (χ4v) is 4.19. The fourth-order valence-electron chi connectivity index (χ4n) is 4.19. The van der Waals surface area contributed by atoms with Gasteiger partial charge in [-0.15, -0.1) is 0 Å². The molecule has 1 aliphatic heterocycles. The minimum absolute atomic E-state index is 0.0182. The van der Waals surface area contributed by atoms with E-state index in [1.807, 2.05) is 12.1 Å². The minimum Gasteiger partial charge on any atom is -0.474 e. The summed E-state index contributed by atoms with van der Waals surface area (Å²) in [6, 6.07) is 3.68. The molecule has 2 aliphatic carbocycles. The number of rotatable bonds is 4. The van der Waals surface area contributed by atoms with E-state index in [0.29, 0.717) is 23.2 Å². The quantitative estimate of drug-likeness (QED) is 0.895. The molecule has 2 aromatic heterocycles. The second kappa shape index (κ2) is 6.27. The second-order valence-electron chi connectivity index (χ2n) is 7.64. The molecule has 1 spiro atoms. The number of aliphatic hydroxyl groups is 1. The van der Waals surface area contributed by atoms with Crippen molar-refractivity contribution >= 4 is 17.4 Å². The van der Waals surface area contributed by atoms with E-state index < -0.39 is 5.41 Å². The van der Waals surface area contributed by atoms with Gasteiger partial charge in [-0.05, 0) is 44.6 Å². The highest BCUT2D eigenvalue weighted by Gasteiger charge is 2.60. The number of pyridine rings is 1. The van der Waals surface area contributed by atoms with E-state index in [4.69, 9.17) is 4.74 Å².